The van der Waals surface area contributed by atoms with Crippen molar-refractivity contribution in [3.05, 3.63) is 40.3 Å². The van der Waals surface area contributed by atoms with Gasteiger partial charge in [0, 0.05) is 12.1 Å². The number of halogens is 2. The van der Waals surface area contributed by atoms with Crippen LogP contribution in [0.2, 0.25) is 5.02 Å². The van der Waals surface area contributed by atoms with Crippen LogP contribution in [0, 0.1) is 5.82 Å². The fourth-order valence-electron chi connectivity index (χ4n) is 3.22. The molecule has 0 radical (unpaired) electrons. The van der Waals surface area contributed by atoms with Gasteiger partial charge in [0.05, 0.1) is 41.6 Å². The summed E-state index contributed by atoms with van der Waals surface area (Å²) in [4.78, 5) is 12.0. The van der Waals surface area contributed by atoms with Crippen molar-refractivity contribution in [3.63, 3.8) is 0 Å². The highest BCUT2D eigenvalue weighted by Crippen LogP contribution is 2.34. The van der Waals surface area contributed by atoms with Crippen molar-refractivity contribution < 1.29 is 13.9 Å². The van der Waals surface area contributed by atoms with Crippen LogP contribution in [0.1, 0.15) is 22.1 Å². The molecule has 1 aromatic heterocycles. The molecule has 8 heteroatoms. The van der Waals surface area contributed by atoms with E-state index in [2.05, 4.69) is 10.4 Å². The highest BCUT2D eigenvalue weighted by Gasteiger charge is 2.38. The summed E-state index contributed by atoms with van der Waals surface area (Å²) in [5.41, 5.74) is 7.61. The average molecular weight is 337 g/mol. The number of primary amides is 1. The second kappa shape index (κ2) is 5.30. The Morgan fingerprint density at radius 2 is 2.30 bits per heavy atom. The van der Waals surface area contributed by atoms with Crippen molar-refractivity contribution in [1.29, 1.82) is 0 Å². The van der Waals surface area contributed by atoms with E-state index in [0.29, 0.717) is 36.6 Å². The number of aromatic nitrogens is 2. The van der Waals surface area contributed by atoms with Gasteiger partial charge in [-0.15, -0.1) is 0 Å². The Hall–Kier alpha value is -1.96. The van der Waals surface area contributed by atoms with Gasteiger partial charge in [0.1, 0.15) is 11.5 Å². The van der Waals surface area contributed by atoms with E-state index in [1.807, 2.05) is 0 Å². The van der Waals surface area contributed by atoms with E-state index >= 15 is 0 Å². The number of hydrogen-bond acceptors (Lipinski definition) is 4. The summed E-state index contributed by atoms with van der Waals surface area (Å²) in [6, 6.07) is 4.42. The first kappa shape index (κ1) is 14.6. The summed E-state index contributed by atoms with van der Waals surface area (Å²) in [5, 5.41) is 7.88. The number of benzene rings is 1. The molecule has 1 saturated heterocycles. The van der Waals surface area contributed by atoms with Gasteiger partial charge in [-0.2, -0.15) is 5.10 Å². The molecule has 2 atom stereocenters. The van der Waals surface area contributed by atoms with Crippen molar-refractivity contribution in [1.82, 2.24) is 15.1 Å². The lowest BCUT2D eigenvalue weighted by Crippen LogP contribution is -2.43. The van der Waals surface area contributed by atoms with E-state index in [1.54, 1.807) is 4.68 Å². The number of nitrogens with two attached hydrogens (primary N) is 1. The molecular weight excluding hydrogens is 323 g/mol. The first-order valence-electron chi connectivity index (χ1n) is 7.24. The standard InChI is InChI=1S/C15H14ClFN4O2/c16-8-3-7(1-2-9(8)17)14-13(15(18)22)11-4-19-10-5-23-6-12(10)21(11)20-14/h1-3,10,12,19H,4-6H2,(H2,18,22). The Balaban J connectivity index is 1.90. The topological polar surface area (TPSA) is 82.2 Å². The summed E-state index contributed by atoms with van der Waals surface area (Å²) in [7, 11) is 0. The number of ether oxygens (including phenoxy) is 1. The maximum atomic E-state index is 13.4. The van der Waals surface area contributed by atoms with Crippen molar-refractivity contribution >= 4 is 17.5 Å². The molecule has 2 aliphatic rings. The van der Waals surface area contributed by atoms with Crippen LogP contribution in [0.25, 0.3) is 11.3 Å². The fraction of sp³-hybridized carbons (Fsp3) is 0.333. The van der Waals surface area contributed by atoms with Gasteiger partial charge < -0.3 is 15.8 Å². The van der Waals surface area contributed by atoms with Gasteiger partial charge in [-0.05, 0) is 18.2 Å². The molecule has 1 aromatic carbocycles. The van der Waals surface area contributed by atoms with Gasteiger partial charge in [-0.1, -0.05) is 11.6 Å². The normalized spacial score (nSPS) is 22.7. The lowest BCUT2D eigenvalue weighted by molar-refractivity contribution is 0.0999. The second-order valence-corrected chi connectivity index (χ2v) is 6.11. The molecule has 3 heterocycles. The third kappa shape index (κ3) is 2.23. The molecule has 2 unspecified atom stereocenters. The molecule has 2 aromatic rings. The predicted molar refractivity (Wildman–Crippen MR) is 81.6 cm³/mol. The molecule has 0 bridgehead atoms. The molecule has 0 spiro atoms. The molecule has 0 saturated carbocycles. The number of carbonyl (C=O) groups excluding carboxylic acids is 1. The van der Waals surface area contributed by atoms with Gasteiger partial charge in [0.15, 0.2) is 0 Å². The fourth-order valence-corrected chi connectivity index (χ4v) is 3.40. The molecule has 1 fully saturated rings. The Morgan fingerprint density at radius 3 is 3.04 bits per heavy atom. The van der Waals surface area contributed by atoms with E-state index in [0.717, 1.165) is 5.69 Å². The van der Waals surface area contributed by atoms with Crippen LogP contribution in [0.5, 0.6) is 0 Å². The summed E-state index contributed by atoms with van der Waals surface area (Å²) in [5.74, 6) is -1.09. The molecule has 23 heavy (non-hydrogen) atoms. The molecule has 0 aliphatic carbocycles. The van der Waals surface area contributed by atoms with Crippen LogP contribution >= 0.6 is 11.6 Å². The summed E-state index contributed by atoms with van der Waals surface area (Å²) in [6.07, 6.45) is 0. The summed E-state index contributed by atoms with van der Waals surface area (Å²) >= 11 is 5.85. The van der Waals surface area contributed by atoms with E-state index in [-0.39, 0.29) is 17.1 Å². The minimum atomic E-state index is -0.569. The first-order chi connectivity index (χ1) is 11.1. The molecule has 120 valence electrons. The number of nitrogens with one attached hydrogen (secondary N) is 1. The number of fused-ring (bicyclic) bond motifs is 3. The molecule has 3 N–H and O–H groups in total. The van der Waals surface area contributed by atoms with E-state index in [9.17, 15) is 9.18 Å². The van der Waals surface area contributed by atoms with Gasteiger partial charge in [-0.25, -0.2) is 4.39 Å². The zero-order valence-electron chi connectivity index (χ0n) is 12.1. The Morgan fingerprint density at radius 1 is 1.48 bits per heavy atom. The number of nitrogens with zero attached hydrogens (tertiary/aromatic N) is 2. The Bertz CT molecular complexity index is 807. The van der Waals surface area contributed by atoms with Crippen molar-refractivity contribution in [2.24, 2.45) is 5.73 Å². The Kier molecular flexibility index (Phi) is 3.37. The van der Waals surface area contributed by atoms with Crippen LogP contribution in [0.15, 0.2) is 18.2 Å². The smallest absolute Gasteiger partial charge is 0.252 e. The SMILES string of the molecule is NC(=O)c1c(-c2ccc(F)c(Cl)c2)nn2c1CNC1COCC12. The average Bonchev–Trinajstić information content (AvgIpc) is 3.12. The molecular formula is C15H14ClFN4O2. The lowest BCUT2D eigenvalue weighted by Gasteiger charge is -2.27. The molecule has 1 amide bonds. The minimum Gasteiger partial charge on any atom is -0.377 e. The monoisotopic (exact) mass is 336 g/mol. The summed E-state index contributed by atoms with van der Waals surface area (Å²) in [6.45, 7) is 1.60. The quantitative estimate of drug-likeness (QED) is 0.870. The lowest BCUT2D eigenvalue weighted by atomic mass is 10.0. The van der Waals surface area contributed by atoms with E-state index in [1.165, 1.54) is 18.2 Å². The van der Waals surface area contributed by atoms with Crippen LogP contribution < -0.4 is 11.1 Å². The molecule has 2 aliphatic heterocycles. The number of rotatable bonds is 2. The maximum Gasteiger partial charge on any atom is 0.252 e. The van der Waals surface area contributed by atoms with Crippen molar-refractivity contribution in [3.8, 4) is 11.3 Å². The molecule has 4 rings (SSSR count). The third-order valence-electron chi connectivity index (χ3n) is 4.35. The summed E-state index contributed by atoms with van der Waals surface area (Å²) < 4.78 is 20.7. The highest BCUT2D eigenvalue weighted by atomic mass is 35.5. The van der Waals surface area contributed by atoms with E-state index < -0.39 is 11.7 Å². The van der Waals surface area contributed by atoms with Crippen LogP contribution in [0.3, 0.4) is 0 Å². The zero-order chi connectivity index (χ0) is 16.1. The van der Waals surface area contributed by atoms with Crippen LogP contribution in [-0.2, 0) is 11.3 Å². The minimum absolute atomic E-state index is 0.0153. The van der Waals surface area contributed by atoms with Crippen molar-refractivity contribution in [2.75, 3.05) is 13.2 Å². The van der Waals surface area contributed by atoms with Gasteiger partial charge in [0.2, 0.25) is 0 Å². The van der Waals surface area contributed by atoms with Gasteiger partial charge >= 0.3 is 0 Å². The number of carbonyl (C=O) groups is 1. The highest BCUT2D eigenvalue weighted by molar-refractivity contribution is 6.31. The Labute approximate surface area is 136 Å². The van der Waals surface area contributed by atoms with E-state index in [4.69, 9.17) is 22.1 Å². The largest absolute Gasteiger partial charge is 0.377 e. The molecule has 6 nitrogen and oxygen atoms in total. The first-order valence-corrected chi connectivity index (χ1v) is 7.62. The van der Waals surface area contributed by atoms with Crippen molar-refractivity contribution in [2.45, 2.75) is 18.6 Å². The van der Waals surface area contributed by atoms with Gasteiger partial charge in [0.25, 0.3) is 5.91 Å². The maximum absolute atomic E-state index is 13.4. The predicted octanol–water partition coefficient (Wildman–Crippen LogP) is 1.48. The van der Waals surface area contributed by atoms with Crippen LogP contribution in [-0.4, -0.2) is 34.9 Å². The number of hydrogen-bond donors (Lipinski definition) is 2. The van der Waals surface area contributed by atoms with Gasteiger partial charge in [-0.3, -0.25) is 9.48 Å². The zero-order valence-corrected chi connectivity index (χ0v) is 12.8. The second-order valence-electron chi connectivity index (χ2n) is 5.70. The van der Waals surface area contributed by atoms with Crippen LogP contribution in [0.4, 0.5) is 4.39 Å². The number of amides is 1. The third-order valence-corrected chi connectivity index (χ3v) is 4.64.